The van der Waals surface area contributed by atoms with E-state index < -0.39 is 0 Å². The van der Waals surface area contributed by atoms with Crippen LogP contribution in [0, 0.1) is 0 Å². The Morgan fingerprint density at radius 2 is 2.17 bits per heavy atom. The van der Waals surface area contributed by atoms with Crippen molar-refractivity contribution in [3.05, 3.63) is 29.3 Å². The van der Waals surface area contributed by atoms with Gasteiger partial charge in [-0.1, -0.05) is 12.2 Å². The van der Waals surface area contributed by atoms with Crippen molar-refractivity contribution in [1.29, 1.82) is 0 Å². The summed E-state index contributed by atoms with van der Waals surface area (Å²) in [7, 11) is 0. The van der Waals surface area contributed by atoms with Crippen LogP contribution in [0.2, 0.25) is 0 Å². The van der Waals surface area contributed by atoms with E-state index in [1.165, 1.54) is 6.07 Å². The predicted octanol–water partition coefficient (Wildman–Crippen LogP) is 0.519. The largest absolute Gasteiger partial charge is 0.508 e. The molecule has 0 aliphatic heterocycles. The maximum Gasteiger partial charge on any atom is 0.121 e. The van der Waals surface area contributed by atoms with E-state index in [4.69, 9.17) is 23.1 Å². The van der Waals surface area contributed by atoms with Crippen LogP contribution in [0.25, 0.3) is 0 Å². The number of thiocarbonyl (C=S) groups is 1. The van der Waals surface area contributed by atoms with Gasteiger partial charge in [0.05, 0.1) is 6.61 Å². The van der Waals surface area contributed by atoms with Crippen LogP contribution in [0.3, 0.4) is 0 Å². The summed E-state index contributed by atoms with van der Waals surface area (Å²) in [6.45, 7) is -0.220. The number of benzene rings is 1. The molecule has 0 atom stereocenters. The van der Waals surface area contributed by atoms with Crippen LogP contribution in [0.1, 0.15) is 11.1 Å². The molecule has 0 fully saturated rings. The molecular weight excluding hydrogens is 174 g/mol. The van der Waals surface area contributed by atoms with Gasteiger partial charge in [-0.2, -0.15) is 0 Å². The minimum atomic E-state index is -0.220. The average molecular weight is 183 g/mol. The van der Waals surface area contributed by atoms with Crippen molar-refractivity contribution in [2.75, 3.05) is 0 Å². The van der Waals surface area contributed by atoms with Gasteiger partial charge in [-0.15, -0.1) is 0 Å². The first kappa shape index (κ1) is 8.96. The molecule has 4 heteroatoms. The Labute approximate surface area is 75.4 Å². The summed E-state index contributed by atoms with van der Waals surface area (Å²) in [5.41, 5.74) is 6.43. The predicted molar refractivity (Wildman–Crippen MR) is 49.9 cm³/mol. The molecule has 1 aromatic carbocycles. The van der Waals surface area contributed by atoms with Gasteiger partial charge in [0.25, 0.3) is 0 Å². The highest BCUT2D eigenvalue weighted by atomic mass is 32.1. The summed E-state index contributed by atoms with van der Waals surface area (Å²) in [5, 5.41) is 18.0. The molecule has 0 spiro atoms. The summed E-state index contributed by atoms with van der Waals surface area (Å²) in [6.07, 6.45) is 0. The summed E-state index contributed by atoms with van der Waals surface area (Å²) in [6, 6.07) is 4.63. The van der Waals surface area contributed by atoms with Gasteiger partial charge in [-0.05, 0) is 18.2 Å². The molecule has 0 amide bonds. The van der Waals surface area contributed by atoms with Gasteiger partial charge in [0, 0.05) is 11.1 Å². The second-order valence-electron chi connectivity index (χ2n) is 2.37. The molecule has 0 aromatic heterocycles. The number of nitrogens with two attached hydrogens (primary N) is 1. The van der Waals surface area contributed by atoms with E-state index >= 15 is 0 Å². The molecule has 1 rings (SSSR count). The van der Waals surface area contributed by atoms with E-state index in [0.717, 1.165) is 0 Å². The van der Waals surface area contributed by atoms with E-state index in [-0.39, 0.29) is 17.3 Å². The van der Waals surface area contributed by atoms with Crippen molar-refractivity contribution in [2.24, 2.45) is 5.73 Å². The van der Waals surface area contributed by atoms with Crippen molar-refractivity contribution in [3.63, 3.8) is 0 Å². The Kier molecular flexibility index (Phi) is 2.62. The van der Waals surface area contributed by atoms with Crippen LogP contribution < -0.4 is 5.73 Å². The van der Waals surface area contributed by atoms with Crippen LogP contribution in [0.5, 0.6) is 5.75 Å². The third kappa shape index (κ3) is 1.72. The lowest BCUT2D eigenvalue weighted by atomic mass is 10.1. The lowest BCUT2D eigenvalue weighted by molar-refractivity contribution is 0.275. The summed E-state index contributed by atoms with van der Waals surface area (Å²) in [4.78, 5) is 0.254. The quantitative estimate of drug-likeness (QED) is 0.585. The normalized spacial score (nSPS) is 9.75. The molecule has 1 aromatic rings. The number of aliphatic hydroxyl groups is 1. The zero-order valence-corrected chi connectivity index (χ0v) is 7.14. The molecule has 0 radical (unpaired) electrons. The van der Waals surface area contributed by atoms with E-state index in [0.29, 0.717) is 11.1 Å². The molecule has 4 N–H and O–H groups in total. The number of hydrogen-bond acceptors (Lipinski definition) is 3. The molecule has 0 heterocycles. The molecule has 0 unspecified atom stereocenters. The SMILES string of the molecule is NC(=S)c1ccc(O)c(CO)c1. The number of rotatable bonds is 2. The minimum absolute atomic E-state index is 0.0532. The number of aliphatic hydroxyl groups excluding tert-OH is 1. The van der Waals surface area contributed by atoms with Crippen molar-refractivity contribution in [2.45, 2.75) is 6.61 Å². The third-order valence-corrected chi connectivity index (χ3v) is 1.77. The lowest BCUT2D eigenvalue weighted by Gasteiger charge is -2.03. The van der Waals surface area contributed by atoms with Gasteiger partial charge in [-0.3, -0.25) is 0 Å². The number of hydrogen-bond donors (Lipinski definition) is 3. The first-order valence-electron chi connectivity index (χ1n) is 3.37. The molecule has 3 nitrogen and oxygen atoms in total. The first-order chi connectivity index (χ1) is 5.65. The summed E-state index contributed by atoms with van der Waals surface area (Å²) < 4.78 is 0. The van der Waals surface area contributed by atoms with Crippen LogP contribution in [0.15, 0.2) is 18.2 Å². The van der Waals surface area contributed by atoms with Gasteiger partial charge in [0.15, 0.2) is 0 Å². The fourth-order valence-electron chi connectivity index (χ4n) is 0.865. The monoisotopic (exact) mass is 183 g/mol. The van der Waals surface area contributed by atoms with E-state index in [1.54, 1.807) is 12.1 Å². The number of aromatic hydroxyl groups is 1. The van der Waals surface area contributed by atoms with Crippen molar-refractivity contribution in [1.82, 2.24) is 0 Å². The van der Waals surface area contributed by atoms with Crippen LogP contribution >= 0.6 is 12.2 Å². The minimum Gasteiger partial charge on any atom is -0.508 e. The molecule has 12 heavy (non-hydrogen) atoms. The summed E-state index contributed by atoms with van der Waals surface area (Å²) in [5.74, 6) is 0.0532. The lowest BCUT2D eigenvalue weighted by Crippen LogP contribution is -2.09. The van der Waals surface area contributed by atoms with Gasteiger partial charge in [-0.25, -0.2) is 0 Å². The average Bonchev–Trinajstić information content (AvgIpc) is 2.05. The van der Waals surface area contributed by atoms with Gasteiger partial charge in [0.2, 0.25) is 0 Å². The highest BCUT2D eigenvalue weighted by Crippen LogP contribution is 2.17. The van der Waals surface area contributed by atoms with Crippen molar-refractivity contribution < 1.29 is 10.2 Å². The van der Waals surface area contributed by atoms with Crippen LogP contribution in [-0.4, -0.2) is 15.2 Å². The number of phenols is 1. The smallest absolute Gasteiger partial charge is 0.121 e. The van der Waals surface area contributed by atoms with Gasteiger partial charge >= 0.3 is 0 Å². The third-order valence-electron chi connectivity index (χ3n) is 1.53. The molecule has 0 bridgehead atoms. The first-order valence-corrected chi connectivity index (χ1v) is 3.78. The van der Waals surface area contributed by atoms with Gasteiger partial charge in [0.1, 0.15) is 10.7 Å². The maximum absolute atomic E-state index is 9.17. The molecule has 0 aliphatic rings. The summed E-state index contributed by atoms with van der Waals surface area (Å²) >= 11 is 4.73. The topological polar surface area (TPSA) is 66.5 Å². The molecule has 0 saturated carbocycles. The van der Waals surface area contributed by atoms with Crippen molar-refractivity contribution >= 4 is 17.2 Å². The fourth-order valence-corrected chi connectivity index (χ4v) is 0.992. The maximum atomic E-state index is 9.17. The Bertz CT molecular complexity index is 312. The highest BCUT2D eigenvalue weighted by molar-refractivity contribution is 7.80. The van der Waals surface area contributed by atoms with Crippen LogP contribution in [-0.2, 0) is 6.61 Å². The fraction of sp³-hybridized carbons (Fsp3) is 0.125. The molecular formula is C8H9NO2S. The Morgan fingerprint density at radius 1 is 1.50 bits per heavy atom. The van der Waals surface area contributed by atoms with Crippen molar-refractivity contribution in [3.8, 4) is 5.75 Å². The van der Waals surface area contributed by atoms with Gasteiger partial charge < -0.3 is 15.9 Å². The Morgan fingerprint density at radius 3 is 2.67 bits per heavy atom. The highest BCUT2D eigenvalue weighted by Gasteiger charge is 2.02. The van der Waals surface area contributed by atoms with E-state index in [9.17, 15) is 5.11 Å². The Balaban J connectivity index is 3.13. The molecule has 64 valence electrons. The second-order valence-corrected chi connectivity index (χ2v) is 2.81. The zero-order chi connectivity index (χ0) is 9.14. The Hall–Kier alpha value is -1.13. The van der Waals surface area contributed by atoms with E-state index in [2.05, 4.69) is 0 Å². The molecule has 0 saturated heterocycles. The molecule has 0 aliphatic carbocycles. The standard InChI is InChI=1S/C8H9NO2S/c9-8(12)5-1-2-7(11)6(3-5)4-10/h1-3,10-11H,4H2,(H2,9,12). The second kappa shape index (κ2) is 3.51. The van der Waals surface area contributed by atoms with E-state index in [1.807, 2.05) is 0 Å². The zero-order valence-electron chi connectivity index (χ0n) is 6.32. The van der Waals surface area contributed by atoms with Crippen LogP contribution in [0.4, 0.5) is 0 Å².